The molecule has 1 aromatic heterocycles. The Morgan fingerprint density at radius 1 is 1.14 bits per heavy atom. The maximum Gasteiger partial charge on any atom is 0.269 e. The Morgan fingerprint density at radius 3 is 2.59 bits per heavy atom. The van der Waals surface area contributed by atoms with Crippen LogP contribution in [0, 0.1) is 10.1 Å². The zero-order chi connectivity index (χ0) is 20.2. The van der Waals surface area contributed by atoms with Gasteiger partial charge in [-0.25, -0.2) is 4.98 Å². The highest BCUT2D eigenvalue weighted by molar-refractivity contribution is 5.80. The van der Waals surface area contributed by atoms with Crippen LogP contribution in [0.3, 0.4) is 0 Å². The summed E-state index contributed by atoms with van der Waals surface area (Å²) in [6.45, 7) is 3.55. The highest BCUT2D eigenvalue weighted by Gasteiger charge is 2.18. The minimum Gasteiger partial charge on any atom is -0.494 e. The molecule has 1 aliphatic rings. The second kappa shape index (κ2) is 8.31. The molecule has 2 aromatic carbocycles. The highest BCUT2D eigenvalue weighted by atomic mass is 16.6. The Morgan fingerprint density at radius 2 is 1.90 bits per heavy atom. The first kappa shape index (κ1) is 18.9. The Kier molecular flexibility index (Phi) is 5.42. The third-order valence-corrected chi connectivity index (χ3v) is 5.13. The van der Waals surface area contributed by atoms with Gasteiger partial charge in [0.05, 0.1) is 23.4 Å². The molecule has 6 nitrogen and oxygen atoms in total. The number of rotatable bonds is 5. The van der Waals surface area contributed by atoms with Crippen molar-refractivity contribution in [3.8, 4) is 17.0 Å². The van der Waals surface area contributed by atoms with E-state index in [1.54, 1.807) is 24.3 Å². The van der Waals surface area contributed by atoms with Crippen molar-refractivity contribution in [3.63, 3.8) is 0 Å². The number of hydrogen-bond acceptors (Lipinski definition) is 4. The molecule has 0 radical (unpaired) electrons. The molecule has 0 saturated carbocycles. The van der Waals surface area contributed by atoms with E-state index in [4.69, 9.17) is 9.72 Å². The van der Waals surface area contributed by atoms with Gasteiger partial charge in [-0.2, -0.15) is 0 Å². The maximum absolute atomic E-state index is 10.9. The topological polar surface area (TPSA) is 70.2 Å². The molecule has 0 atom stereocenters. The number of nitro benzene ring substituents is 1. The van der Waals surface area contributed by atoms with Crippen LogP contribution in [0.5, 0.6) is 5.75 Å². The molecule has 0 fully saturated rings. The average Bonchev–Trinajstić information content (AvgIpc) is 3.05. The van der Waals surface area contributed by atoms with Crippen molar-refractivity contribution in [1.82, 2.24) is 9.55 Å². The highest BCUT2D eigenvalue weighted by Crippen LogP contribution is 2.32. The van der Waals surface area contributed by atoms with Crippen molar-refractivity contribution < 1.29 is 9.66 Å². The molecular weight excluding hydrogens is 366 g/mol. The Balaban J connectivity index is 1.67. The number of non-ortho nitro benzene ring substituents is 1. The molecule has 0 bridgehead atoms. The molecule has 0 amide bonds. The Labute approximate surface area is 169 Å². The summed E-state index contributed by atoms with van der Waals surface area (Å²) < 4.78 is 7.82. The van der Waals surface area contributed by atoms with Crippen molar-refractivity contribution in [2.45, 2.75) is 32.7 Å². The summed E-state index contributed by atoms with van der Waals surface area (Å²) in [4.78, 5) is 15.2. The first-order valence-electron chi connectivity index (χ1n) is 9.90. The molecule has 3 aromatic rings. The number of imidazole rings is 1. The fourth-order valence-corrected chi connectivity index (χ4v) is 3.70. The zero-order valence-electron chi connectivity index (χ0n) is 16.4. The molecule has 148 valence electrons. The fourth-order valence-electron chi connectivity index (χ4n) is 3.70. The summed E-state index contributed by atoms with van der Waals surface area (Å²) >= 11 is 0. The number of benzene rings is 2. The largest absolute Gasteiger partial charge is 0.494 e. The second-order valence-electron chi connectivity index (χ2n) is 7.05. The van der Waals surface area contributed by atoms with Gasteiger partial charge in [-0.15, -0.1) is 0 Å². The molecule has 0 N–H and O–H groups in total. The lowest BCUT2D eigenvalue weighted by Crippen LogP contribution is -2.02. The van der Waals surface area contributed by atoms with E-state index in [1.165, 1.54) is 0 Å². The third kappa shape index (κ3) is 4.06. The van der Waals surface area contributed by atoms with E-state index in [0.29, 0.717) is 6.61 Å². The van der Waals surface area contributed by atoms with E-state index < -0.39 is 0 Å². The first-order valence-corrected chi connectivity index (χ1v) is 9.90. The van der Waals surface area contributed by atoms with Crippen molar-refractivity contribution >= 4 is 17.3 Å². The van der Waals surface area contributed by atoms with Gasteiger partial charge < -0.3 is 9.30 Å². The summed E-state index contributed by atoms with van der Waals surface area (Å²) in [5.41, 5.74) is 4.42. The van der Waals surface area contributed by atoms with E-state index >= 15 is 0 Å². The lowest BCUT2D eigenvalue weighted by molar-refractivity contribution is -0.384. The number of aromatic nitrogens is 2. The van der Waals surface area contributed by atoms with Gasteiger partial charge in [0, 0.05) is 24.2 Å². The van der Waals surface area contributed by atoms with Crippen molar-refractivity contribution in [2.24, 2.45) is 0 Å². The number of hydrogen-bond donors (Lipinski definition) is 0. The number of nitrogens with zero attached hydrogens (tertiary/aromatic N) is 3. The molecule has 6 heteroatoms. The molecule has 29 heavy (non-hydrogen) atoms. The molecule has 0 aliphatic carbocycles. The SMILES string of the molecule is CCOc1ccc(-c2cnc3n2CCCCC3=Cc2ccc([N+](=O)[O-])cc2)cc1. The summed E-state index contributed by atoms with van der Waals surface area (Å²) in [5.74, 6) is 1.84. The summed E-state index contributed by atoms with van der Waals surface area (Å²) in [6.07, 6.45) is 7.14. The molecule has 1 aliphatic heterocycles. The van der Waals surface area contributed by atoms with Gasteiger partial charge in [-0.3, -0.25) is 10.1 Å². The number of allylic oxidation sites excluding steroid dienone is 1. The first-order chi connectivity index (χ1) is 14.2. The minimum atomic E-state index is -0.377. The molecule has 2 heterocycles. The Hall–Kier alpha value is -3.41. The predicted octanol–water partition coefficient (Wildman–Crippen LogP) is 5.58. The lowest BCUT2D eigenvalue weighted by atomic mass is 10.1. The normalized spacial score (nSPS) is 15.0. The van der Waals surface area contributed by atoms with Crippen LogP contribution in [-0.4, -0.2) is 21.1 Å². The van der Waals surface area contributed by atoms with E-state index in [2.05, 4.69) is 22.8 Å². The summed E-state index contributed by atoms with van der Waals surface area (Å²) in [7, 11) is 0. The van der Waals surface area contributed by atoms with E-state index in [0.717, 1.165) is 59.8 Å². The second-order valence-corrected chi connectivity index (χ2v) is 7.05. The molecule has 0 unspecified atom stereocenters. The Bertz CT molecular complexity index is 1030. The molecule has 0 spiro atoms. The number of nitro groups is 1. The van der Waals surface area contributed by atoms with Crippen LogP contribution < -0.4 is 4.74 Å². The van der Waals surface area contributed by atoms with Crippen LogP contribution in [-0.2, 0) is 6.54 Å². The number of fused-ring (bicyclic) bond motifs is 1. The van der Waals surface area contributed by atoms with Gasteiger partial charge in [0.2, 0.25) is 0 Å². The minimum absolute atomic E-state index is 0.104. The van der Waals surface area contributed by atoms with Gasteiger partial charge >= 0.3 is 0 Å². The van der Waals surface area contributed by atoms with Crippen molar-refractivity contribution in [1.29, 1.82) is 0 Å². The number of ether oxygens (including phenoxy) is 1. The van der Waals surface area contributed by atoms with E-state index in [-0.39, 0.29) is 10.6 Å². The fraction of sp³-hybridized carbons (Fsp3) is 0.261. The van der Waals surface area contributed by atoms with Crippen LogP contribution in [0.25, 0.3) is 22.9 Å². The van der Waals surface area contributed by atoms with Gasteiger partial charge in [0.1, 0.15) is 11.6 Å². The van der Waals surface area contributed by atoms with Crippen molar-refractivity contribution in [3.05, 3.63) is 76.2 Å². The van der Waals surface area contributed by atoms with Gasteiger partial charge in [-0.05, 0) is 79.8 Å². The molecular formula is C23H23N3O3. The molecule has 4 rings (SSSR count). The molecule has 0 saturated heterocycles. The van der Waals surface area contributed by atoms with Crippen LogP contribution >= 0.6 is 0 Å². The van der Waals surface area contributed by atoms with Gasteiger partial charge in [-0.1, -0.05) is 0 Å². The summed E-state index contributed by atoms with van der Waals surface area (Å²) in [6, 6.07) is 14.8. The standard InChI is InChI=1S/C23H23N3O3/c1-2-29-21-12-8-18(9-13-21)22-16-24-23-19(5-3-4-14-25(22)23)15-17-6-10-20(11-7-17)26(27)28/h6-13,15-16H,2-5,14H2,1H3. The quantitative estimate of drug-likeness (QED) is 0.422. The smallest absolute Gasteiger partial charge is 0.269 e. The zero-order valence-corrected chi connectivity index (χ0v) is 16.4. The monoisotopic (exact) mass is 389 g/mol. The van der Waals surface area contributed by atoms with Crippen LogP contribution in [0.15, 0.2) is 54.7 Å². The third-order valence-electron chi connectivity index (χ3n) is 5.13. The van der Waals surface area contributed by atoms with E-state index in [9.17, 15) is 10.1 Å². The maximum atomic E-state index is 10.9. The van der Waals surface area contributed by atoms with Crippen LogP contribution in [0.2, 0.25) is 0 Å². The van der Waals surface area contributed by atoms with Crippen LogP contribution in [0.1, 0.15) is 37.6 Å². The van der Waals surface area contributed by atoms with Gasteiger partial charge in [0.15, 0.2) is 0 Å². The lowest BCUT2D eigenvalue weighted by Gasteiger charge is -2.11. The summed E-state index contributed by atoms with van der Waals surface area (Å²) in [5, 5.41) is 10.9. The van der Waals surface area contributed by atoms with E-state index in [1.807, 2.05) is 25.3 Å². The van der Waals surface area contributed by atoms with Crippen LogP contribution in [0.4, 0.5) is 5.69 Å². The average molecular weight is 389 g/mol. The predicted molar refractivity (Wildman–Crippen MR) is 114 cm³/mol. The van der Waals surface area contributed by atoms with Crippen molar-refractivity contribution in [2.75, 3.05) is 6.61 Å². The van der Waals surface area contributed by atoms with Gasteiger partial charge in [0.25, 0.3) is 5.69 Å².